The van der Waals surface area contributed by atoms with Crippen molar-refractivity contribution >= 4 is 50.4 Å². The van der Waals surface area contributed by atoms with Crippen LogP contribution in [-0.4, -0.2) is 165 Å². The third-order valence-electron chi connectivity index (χ3n) is 9.79. The Kier molecular flexibility index (Phi) is 16.9. The van der Waals surface area contributed by atoms with Gasteiger partial charge >= 0.3 is 17.9 Å². The molecule has 56 heavy (non-hydrogen) atoms. The Labute approximate surface area is 327 Å². The molecule has 1 amide bonds. The molecule has 0 aromatic heterocycles. The summed E-state index contributed by atoms with van der Waals surface area (Å²) in [5.41, 5.74) is 1.75. The van der Waals surface area contributed by atoms with Gasteiger partial charge in [-0.25, -0.2) is 13.1 Å². The van der Waals surface area contributed by atoms with Crippen molar-refractivity contribution in [2.45, 2.75) is 36.6 Å². The van der Waals surface area contributed by atoms with E-state index < -0.39 is 39.9 Å². The largest absolute Gasteiger partial charge is 0.480 e. The quantitative estimate of drug-likeness (QED) is 0.121. The lowest BCUT2D eigenvalue weighted by Crippen LogP contribution is -2.51. The van der Waals surface area contributed by atoms with Crippen LogP contribution in [0, 0.1) is 0 Å². The van der Waals surface area contributed by atoms with E-state index in [0.29, 0.717) is 12.8 Å². The van der Waals surface area contributed by atoms with Gasteiger partial charge in [-0.1, -0.05) is 54.6 Å². The van der Waals surface area contributed by atoms with Gasteiger partial charge in [0.25, 0.3) is 0 Å². The van der Waals surface area contributed by atoms with Gasteiger partial charge in [0, 0.05) is 65.2 Å². The van der Waals surface area contributed by atoms with Crippen LogP contribution >= 0.6 is 0 Å². The first kappa shape index (κ1) is 43.9. The molecule has 4 rings (SSSR count). The van der Waals surface area contributed by atoms with Gasteiger partial charge in [-0.05, 0) is 53.9 Å². The van der Waals surface area contributed by atoms with E-state index in [9.17, 15) is 47.7 Å². The monoisotopic (exact) mass is 796 g/mol. The first-order valence-electron chi connectivity index (χ1n) is 18.6. The van der Waals surface area contributed by atoms with Crippen molar-refractivity contribution in [3.63, 3.8) is 0 Å². The molecule has 1 fully saturated rings. The zero-order valence-electron chi connectivity index (χ0n) is 31.6. The Balaban J connectivity index is 1.50. The Morgan fingerprint density at radius 2 is 1.14 bits per heavy atom. The normalized spacial score (nSPS) is 16.4. The summed E-state index contributed by atoms with van der Waals surface area (Å²) in [6.45, 7) is 1.05. The van der Waals surface area contributed by atoms with Gasteiger partial charge in [0.2, 0.25) is 15.9 Å². The lowest BCUT2D eigenvalue weighted by Gasteiger charge is -2.33. The molecule has 0 aliphatic carbocycles. The molecule has 1 aliphatic rings. The molecule has 1 saturated heterocycles. The predicted molar refractivity (Wildman–Crippen MR) is 209 cm³/mol. The number of aliphatic carboxylic acids is 3. The molecule has 3 aromatic carbocycles. The van der Waals surface area contributed by atoms with Gasteiger partial charge < -0.3 is 20.6 Å². The van der Waals surface area contributed by atoms with E-state index in [2.05, 4.69) is 10.0 Å². The van der Waals surface area contributed by atoms with Gasteiger partial charge in [-0.3, -0.25) is 43.6 Å². The third kappa shape index (κ3) is 14.4. The van der Waals surface area contributed by atoms with Crippen LogP contribution in [0.3, 0.4) is 0 Å². The minimum atomic E-state index is -3.58. The van der Waals surface area contributed by atoms with E-state index >= 15 is 0 Å². The van der Waals surface area contributed by atoms with Crippen molar-refractivity contribution in [3.05, 3.63) is 77.9 Å². The highest BCUT2D eigenvalue weighted by Gasteiger charge is 2.25. The molecule has 1 unspecified atom stereocenters. The van der Waals surface area contributed by atoms with Crippen LogP contribution in [0.25, 0.3) is 10.8 Å². The second-order valence-corrected chi connectivity index (χ2v) is 15.8. The smallest absolute Gasteiger partial charge is 0.317 e. The van der Waals surface area contributed by atoms with Crippen LogP contribution in [-0.2, 0) is 46.8 Å². The first-order chi connectivity index (χ1) is 26.7. The van der Waals surface area contributed by atoms with Crippen molar-refractivity contribution in [2.24, 2.45) is 0 Å². The number of hydrogen-bond donors (Lipinski definition) is 5. The minimum Gasteiger partial charge on any atom is -0.480 e. The van der Waals surface area contributed by atoms with Gasteiger partial charge in [0.05, 0.1) is 37.1 Å². The van der Waals surface area contributed by atoms with E-state index in [-0.39, 0.29) is 102 Å². The Morgan fingerprint density at radius 1 is 0.661 bits per heavy atom. The maximum atomic E-state index is 13.9. The molecule has 3 aromatic rings. The van der Waals surface area contributed by atoms with E-state index in [1.165, 1.54) is 19.2 Å². The number of carboxylic acids is 3. The van der Waals surface area contributed by atoms with Crippen molar-refractivity contribution in [1.82, 2.24) is 29.6 Å². The zero-order chi connectivity index (χ0) is 40.7. The van der Waals surface area contributed by atoms with Crippen molar-refractivity contribution in [2.75, 3.05) is 85.6 Å². The van der Waals surface area contributed by atoms with Gasteiger partial charge in [0.15, 0.2) is 5.78 Å². The lowest BCUT2D eigenvalue weighted by molar-refractivity contribution is -0.140. The molecule has 0 spiro atoms. The summed E-state index contributed by atoms with van der Waals surface area (Å²) in [4.78, 5) is 69.6. The number of rotatable bonds is 18. The number of ketones is 1. The van der Waals surface area contributed by atoms with E-state index in [4.69, 9.17) is 0 Å². The number of fused-ring (bicyclic) bond motifs is 1. The molecule has 1 heterocycles. The average molecular weight is 797 g/mol. The Hall–Kier alpha value is -4.78. The predicted octanol–water partition coefficient (Wildman–Crippen LogP) is 0.843. The van der Waals surface area contributed by atoms with Crippen LogP contribution < -0.4 is 10.0 Å². The fourth-order valence-electron chi connectivity index (χ4n) is 6.76. The zero-order valence-corrected chi connectivity index (χ0v) is 32.5. The maximum Gasteiger partial charge on any atom is 0.317 e. The van der Waals surface area contributed by atoms with Crippen LogP contribution in [0.15, 0.2) is 71.6 Å². The van der Waals surface area contributed by atoms with Gasteiger partial charge in [0.1, 0.15) is 0 Å². The molecule has 0 radical (unpaired) electrons. The molecule has 0 saturated carbocycles. The highest BCUT2D eigenvalue weighted by molar-refractivity contribution is 7.89. The first-order valence-corrected chi connectivity index (χ1v) is 20.1. The molecule has 304 valence electrons. The topological polar surface area (TPSA) is 217 Å². The SMILES string of the molecule is CNS(=O)(=O)c1ccc(CCCC(=O)C(Cc2cccc3ccccc23)NC(=O)CN2CCN(CC(=O)O)CCN(CC(=O)O)CCN(CC(=O)O)CC2)cc1. The summed E-state index contributed by atoms with van der Waals surface area (Å²) < 4.78 is 26.5. The summed E-state index contributed by atoms with van der Waals surface area (Å²) in [7, 11) is -2.24. The molecule has 0 bridgehead atoms. The number of carboxylic acid groups (broad SMARTS) is 3. The number of nitrogens with one attached hydrogen (secondary N) is 2. The number of aryl methyl sites for hydroxylation is 1. The summed E-state index contributed by atoms with van der Waals surface area (Å²) in [5.74, 6) is -3.73. The molecule has 1 aliphatic heterocycles. The maximum absolute atomic E-state index is 13.9. The summed E-state index contributed by atoms with van der Waals surface area (Å²) in [6.07, 6.45) is 1.38. The number of sulfonamides is 1. The van der Waals surface area contributed by atoms with Crippen LogP contribution in [0.1, 0.15) is 24.0 Å². The van der Waals surface area contributed by atoms with E-state index in [1.54, 1.807) is 26.8 Å². The average Bonchev–Trinajstić information content (AvgIpc) is 3.15. The summed E-state index contributed by atoms with van der Waals surface area (Å²) in [6, 6.07) is 19.2. The highest BCUT2D eigenvalue weighted by Crippen LogP contribution is 2.21. The molecule has 5 N–H and O–H groups in total. The number of nitrogens with zero attached hydrogens (tertiary/aromatic N) is 4. The number of benzene rings is 3. The second kappa shape index (κ2) is 21.5. The van der Waals surface area contributed by atoms with Crippen molar-refractivity contribution in [3.8, 4) is 0 Å². The molecule has 16 nitrogen and oxygen atoms in total. The molecule has 1 atom stereocenters. The van der Waals surface area contributed by atoms with Gasteiger partial charge in [-0.2, -0.15) is 0 Å². The number of Topliss-reactive ketones (excluding diaryl/α,β-unsaturated/α-hetero) is 1. The van der Waals surface area contributed by atoms with Crippen molar-refractivity contribution in [1.29, 1.82) is 0 Å². The van der Waals surface area contributed by atoms with Gasteiger partial charge in [-0.15, -0.1) is 0 Å². The number of amides is 1. The third-order valence-corrected chi connectivity index (χ3v) is 11.2. The summed E-state index contributed by atoms with van der Waals surface area (Å²) >= 11 is 0. The molecule has 17 heteroatoms. The lowest BCUT2D eigenvalue weighted by atomic mass is 9.94. The van der Waals surface area contributed by atoms with Crippen LogP contribution in [0.5, 0.6) is 0 Å². The number of carbonyl (C=O) groups excluding carboxylic acids is 2. The standard InChI is InChI=1S/C39H52N6O10S/c1-40-56(54,55)32-14-12-29(13-15-32)6-4-11-35(46)34(24-31-9-5-8-30-7-2-3-10-33(30)31)41-36(47)25-42-16-18-43(26-37(48)49)20-22-45(28-39(52)53)23-21-44(19-17-42)27-38(50)51/h2-3,5,7-10,12-15,34,40H,4,6,11,16-28H2,1H3,(H,41,47)(H,48,49)(H,50,51)(H,52,53). The van der Waals surface area contributed by atoms with E-state index in [1.807, 2.05) is 47.4 Å². The van der Waals surface area contributed by atoms with Crippen LogP contribution in [0.4, 0.5) is 0 Å². The van der Waals surface area contributed by atoms with Crippen molar-refractivity contribution < 1.29 is 47.7 Å². The number of hydrogen-bond acceptors (Lipinski definition) is 11. The molecular weight excluding hydrogens is 745 g/mol. The van der Waals surface area contributed by atoms with Crippen LogP contribution in [0.2, 0.25) is 0 Å². The highest BCUT2D eigenvalue weighted by atomic mass is 32.2. The number of carbonyl (C=O) groups is 5. The fourth-order valence-corrected chi connectivity index (χ4v) is 7.49. The fraction of sp³-hybridized carbons (Fsp3) is 0.462. The van der Waals surface area contributed by atoms with E-state index in [0.717, 1.165) is 21.9 Å². The Morgan fingerprint density at radius 3 is 1.64 bits per heavy atom. The molecular formula is C39H52N6O10S. The summed E-state index contributed by atoms with van der Waals surface area (Å²) in [5, 5.41) is 33.5. The minimum absolute atomic E-state index is 0.131. The Bertz CT molecular complexity index is 1890. The second-order valence-electron chi connectivity index (χ2n) is 13.9.